The number of hydrogen-bond acceptors (Lipinski definition) is 3. The van der Waals surface area contributed by atoms with Gasteiger partial charge < -0.3 is 0 Å². The maximum atomic E-state index is 13.1. The van der Waals surface area contributed by atoms with Gasteiger partial charge in [-0.3, -0.25) is 0 Å². The Morgan fingerprint density at radius 3 is 2.33 bits per heavy atom. The molecule has 1 atom stereocenters. The third-order valence-corrected chi connectivity index (χ3v) is 4.34. The quantitative estimate of drug-likeness (QED) is 0.910. The minimum Gasteiger partial charge on any atom is -0.207 e. The molecule has 1 aromatic rings. The van der Waals surface area contributed by atoms with Crippen molar-refractivity contribution in [3.8, 4) is 6.07 Å². The number of nitriles is 1. The molecule has 0 radical (unpaired) electrons. The van der Waals surface area contributed by atoms with Crippen LogP contribution in [-0.4, -0.2) is 14.5 Å². The lowest BCUT2D eigenvalue weighted by Gasteiger charge is -2.15. The van der Waals surface area contributed by atoms with E-state index in [1.54, 1.807) is 20.8 Å². The van der Waals surface area contributed by atoms with Gasteiger partial charge in [-0.2, -0.15) is 5.26 Å². The summed E-state index contributed by atoms with van der Waals surface area (Å²) in [5, 5.41) is 8.52. The molecule has 0 aliphatic heterocycles. The number of rotatable bonds is 4. The Bertz CT molecular complexity index is 568. The van der Waals surface area contributed by atoms with E-state index in [2.05, 4.69) is 4.72 Å². The molecule has 0 aromatic heterocycles. The molecule has 0 amide bonds. The third kappa shape index (κ3) is 3.28. The van der Waals surface area contributed by atoms with Crippen LogP contribution in [0.15, 0.2) is 17.0 Å². The molecule has 1 unspecified atom stereocenters. The van der Waals surface area contributed by atoms with Crippen LogP contribution < -0.4 is 4.72 Å². The minimum absolute atomic E-state index is 0.0775. The summed E-state index contributed by atoms with van der Waals surface area (Å²) < 4.78 is 39.8. The van der Waals surface area contributed by atoms with Gasteiger partial charge in [-0.05, 0) is 44.0 Å². The molecule has 6 heteroatoms. The van der Waals surface area contributed by atoms with Crippen molar-refractivity contribution >= 4 is 10.0 Å². The van der Waals surface area contributed by atoms with Crippen molar-refractivity contribution < 1.29 is 12.8 Å². The van der Waals surface area contributed by atoms with Crippen LogP contribution >= 0.6 is 0 Å². The molecular weight excluding hydrogens is 255 g/mol. The Kier molecular flexibility index (Phi) is 4.43. The monoisotopic (exact) mass is 270 g/mol. The SMILES string of the molecule is Cc1cc(F)cc(C)c1S(=O)(=O)NC(C)CC#N. The van der Waals surface area contributed by atoms with E-state index in [-0.39, 0.29) is 11.3 Å². The zero-order valence-electron chi connectivity index (χ0n) is 10.5. The van der Waals surface area contributed by atoms with Gasteiger partial charge in [0.25, 0.3) is 0 Å². The fraction of sp³-hybridized carbons (Fsp3) is 0.417. The average Bonchev–Trinajstić information content (AvgIpc) is 2.13. The van der Waals surface area contributed by atoms with E-state index in [1.165, 1.54) is 12.1 Å². The van der Waals surface area contributed by atoms with E-state index in [1.807, 2.05) is 6.07 Å². The maximum absolute atomic E-state index is 13.1. The maximum Gasteiger partial charge on any atom is 0.241 e. The Hall–Kier alpha value is -1.45. The lowest BCUT2D eigenvalue weighted by molar-refractivity contribution is 0.561. The molecule has 0 spiro atoms. The van der Waals surface area contributed by atoms with Crippen LogP contribution in [0, 0.1) is 31.0 Å². The fourth-order valence-corrected chi connectivity index (χ4v) is 3.52. The number of aryl methyl sites for hydroxylation is 2. The van der Waals surface area contributed by atoms with E-state index in [0.29, 0.717) is 11.1 Å². The van der Waals surface area contributed by atoms with Gasteiger partial charge in [0.15, 0.2) is 0 Å². The van der Waals surface area contributed by atoms with Crippen molar-refractivity contribution in [1.82, 2.24) is 4.72 Å². The standard InChI is InChI=1S/C12H15FN2O2S/c1-8-6-11(13)7-9(2)12(8)18(16,17)15-10(3)4-5-14/h6-7,10,15H,4H2,1-3H3. The van der Waals surface area contributed by atoms with Crippen molar-refractivity contribution in [2.24, 2.45) is 0 Å². The van der Waals surface area contributed by atoms with Crippen LogP contribution in [0.4, 0.5) is 4.39 Å². The Morgan fingerprint density at radius 2 is 1.89 bits per heavy atom. The topological polar surface area (TPSA) is 70.0 Å². The second kappa shape index (κ2) is 5.46. The molecule has 4 nitrogen and oxygen atoms in total. The molecule has 1 aromatic carbocycles. The fourth-order valence-electron chi connectivity index (χ4n) is 1.82. The molecule has 1 N–H and O–H groups in total. The van der Waals surface area contributed by atoms with Gasteiger partial charge in [-0.15, -0.1) is 0 Å². The molecule has 0 aliphatic rings. The molecule has 0 saturated carbocycles. The highest BCUT2D eigenvalue weighted by atomic mass is 32.2. The second-order valence-corrected chi connectivity index (χ2v) is 5.90. The van der Waals surface area contributed by atoms with Crippen molar-refractivity contribution in [1.29, 1.82) is 5.26 Å². The van der Waals surface area contributed by atoms with Gasteiger partial charge >= 0.3 is 0 Å². The van der Waals surface area contributed by atoms with Gasteiger partial charge in [-0.25, -0.2) is 17.5 Å². The van der Waals surface area contributed by atoms with Crippen LogP contribution in [0.25, 0.3) is 0 Å². The lowest BCUT2D eigenvalue weighted by atomic mass is 10.1. The van der Waals surface area contributed by atoms with Crippen molar-refractivity contribution in [2.45, 2.75) is 38.1 Å². The van der Waals surface area contributed by atoms with Crippen molar-refractivity contribution in [2.75, 3.05) is 0 Å². The van der Waals surface area contributed by atoms with Crippen LogP contribution in [-0.2, 0) is 10.0 Å². The predicted molar refractivity (Wildman–Crippen MR) is 65.9 cm³/mol. The summed E-state index contributed by atoms with van der Waals surface area (Å²) in [6.07, 6.45) is 0.0819. The van der Waals surface area contributed by atoms with Gasteiger partial charge in [0.05, 0.1) is 17.4 Å². The molecule has 0 saturated heterocycles. The molecular formula is C12H15FN2O2S. The summed E-state index contributed by atoms with van der Waals surface area (Å²) in [6, 6.07) is 3.76. The normalized spacial score (nSPS) is 13.1. The van der Waals surface area contributed by atoms with Crippen molar-refractivity contribution in [3.05, 3.63) is 29.1 Å². The zero-order valence-corrected chi connectivity index (χ0v) is 11.3. The van der Waals surface area contributed by atoms with Crippen LogP contribution in [0.2, 0.25) is 0 Å². The minimum atomic E-state index is -3.73. The van der Waals surface area contributed by atoms with E-state index in [4.69, 9.17) is 5.26 Å². The van der Waals surface area contributed by atoms with E-state index in [9.17, 15) is 12.8 Å². The first-order chi connectivity index (χ1) is 8.27. The van der Waals surface area contributed by atoms with Gasteiger partial charge in [0.1, 0.15) is 5.82 Å². The first-order valence-electron chi connectivity index (χ1n) is 5.44. The summed E-state index contributed by atoms with van der Waals surface area (Å²) in [5.74, 6) is -0.464. The second-order valence-electron chi connectivity index (χ2n) is 4.25. The van der Waals surface area contributed by atoms with E-state index >= 15 is 0 Å². The summed E-state index contributed by atoms with van der Waals surface area (Å²) in [6.45, 7) is 4.69. The smallest absolute Gasteiger partial charge is 0.207 e. The number of nitrogens with zero attached hydrogens (tertiary/aromatic N) is 1. The van der Waals surface area contributed by atoms with Crippen LogP contribution in [0.5, 0.6) is 0 Å². The predicted octanol–water partition coefficient (Wildman–Crippen LogP) is 2.02. The molecule has 0 fully saturated rings. The highest BCUT2D eigenvalue weighted by Crippen LogP contribution is 2.21. The first-order valence-corrected chi connectivity index (χ1v) is 6.92. The largest absolute Gasteiger partial charge is 0.241 e. The summed E-state index contributed by atoms with van der Waals surface area (Å²) >= 11 is 0. The highest BCUT2D eigenvalue weighted by Gasteiger charge is 2.22. The number of hydrogen-bond donors (Lipinski definition) is 1. The van der Waals surface area contributed by atoms with Crippen molar-refractivity contribution in [3.63, 3.8) is 0 Å². The summed E-state index contributed by atoms with van der Waals surface area (Å²) in [5.41, 5.74) is 0.702. The molecule has 1 rings (SSSR count). The van der Waals surface area contributed by atoms with Gasteiger partial charge in [0, 0.05) is 6.04 Å². The van der Waals surface area contributed by atoms with E-state index < -0.39 is 21.9 Å². The molecule has 0 aliphatic carbocycles. The van der Waals surface area contributed by atoms with Crippen LogP contribution in [0.3, 0.4) is 0 Å². The Labute approximate surface area is 106 Å². The van der Waals surface area contributed by atoms with E-state index in [0.717, 1.165) is 0 Å². The van der Waals surface area contributed by atoms with Gasteiger partial charge in [-0.1, -0.05) is 0 Å². The third-order valence-electron chi connectivity index (χ3n) is 2.45. The highest BCUT2D eigenvalue weighted by molar-refractivity contribution is 7.89. The molecule has 98 valence electrons. The number of nitrogens with one attached hydrogen (secondary N) is 1. The van der Waals surface area contributed by atoms with Crippen LogP contribution in [0.1, 0.15) is 24.5 Å². The first kappa shape index (κ1) is 14.6. The molecule has 0 heterocycles. The summed E-state index contributed by atoms with van der Waals surface area (Å²) in [7, 11) is -3.73. The lowest BCUT2D eigenvalue weighted by Crippen LogP contribution is -2.33. The average molecular weight is 270 g/mol. The Morgan fingerprint density at radius 1 is 1.39 bits per heavy atom. The number of benzene rings is 1. The zero-order chi connectivity index (χ0) is 13.9. The number of sulfonamides is 1. The number of halogens is 1. The Balaban J connectivity index is 3.18. The summed E-state index contributed by atoms with van der Waals surface area (Å²) in [4.78, 5) is 0.0775. The molecule has 18 heavy (non-hydrogen) atoms. The van der Waals surface area contributed by atoms with Gasteiger partial charge in [0.2, 0.25) is 10.0 Å². The molecule has 0 bridgehead atoms.